The topological polar surface area (TPSA) is 24.9 Å². The summed E-state index contributed by atoms with van der Waals surface area (Å²) >= 11 is 11.7. The minimum Gasteiger partial charge on any atom is -0.378 e. The molecule has 1 aromatic heterocycles. The third-order valence-corrected chi connectivity index (χ3v) is 2.81. The van der Waals surface area contributed by atoms with Crippen LogP contribution in [0.25, 0.3) is 0 Å². The number of halogens is 3. The van der Waals surface area contributed by atoms with Gasteiger partial charge in [-0.2, -0.15) is 0 Å². The Morgan fingerprint density at radius 2 is 2.06 bits per heavy atom. The minimum absolute atomic E-state index is 0.303. The predicted molar refractivity (Wildman–Crippen MR) is 68.0 cm³/mol. The molecule has 0 aliphatic heterocycles. The second-order valence-electron chi connectivity index (χ2n) is 3.44. The molecule has 0 spiro atoms. The van der Waals surface area contributed by atoms with E-state index < -0.39 is 0 Å². The summed E-state index contributed by atoms with van der Waals surface area (Å²) in [6.07, 6.45) is 3.18. The zero-order valence-electron chi connectivity index (χ0n) is 8.75. The van der Waals surface area contributed by atoms with Gasteiger partial charge in [0.1, 0.15) is 5.82 Å². The van der Waals surface area contributed by atoms with Crippen molar-refractivity contribution in [3.8, 4) is 0 Å². The summed E-state index contributed by atoms with van der Waals surface area (Å²) in [4.78, 5) is 3.93. The van der Waals surface area contributed by atoms with Crippen molar-refractivity contribution in [3.63, 3.8) is 0 Å². The number of hydrogen-bond acceptors (Lipinski definition) is 2. The Morgan fingerprint density at radius 1 is 1.24 bits per heavy atom. The van der Waals surface area contributed by atoms with Crippen molar-refractivity contribution in [2.45, 2.75) is 6.54 Å². The quantitative estimate of drug-likeness (QED) is 0.907. The Labute approximate surface area is 108 Å². The van der Waals surface area contributed by atoms with Gasteiger partial charge in [-0.05, 0) is 24.3 Å². The molecule has 0 amide bonds. The van der Waals surface area contributed by atoms with E-state index in [2.05, 4.69) is 10.3 Å². The van der Waals surface area contributed by atoms with Gasteiger partial charge >= 0.3 is 0 Å². The van der Waals surface area contributed by atoms with Crippen LogP contribution >= 0.6 is 23.2 Å². The van der Waals surface area contributed by atoms with Crippen molar-refractivity contribution >= 4 is 28.9 Å². The lowest BCUT2D eigenvalue weighted by atomic mass is 10.2. The van der Waals surface area contributed by atoms with Crippen LogP contribution in [0.5, 0.6) is 0 Å². The van der Waals surface area contributed by atoms with Crippen LogP contribution in [0.2, 0.25) is 10.0 Å². The summed E-state index contributed by atoms with van der Waals surface area (Å²) in [5.41, 5.74) is 1.14. The summed E-state index contributed by atoms with van der Waals surface area (Å²) in [6, 6.07) is 6.09. The third kappa shape index (κ3) is 3.08. The number of aromatic nitrogens is 1. The molecule has 1 N–H and O–H groups in total. The van der Waals surface area contributed by atoms with E-state index in [9.17, 15) is 4.39 Å². The van der Waals surface area contributed by atoms with Gasteiger partial charge in [-0.15, -0.1) is 0 Å². The lowest BCUT2D eigenvalue weighted by Gasteiger charge is -2.08. The van der Waals surface area contributed by atoms with Crippen LogP contribution in [0.4, 0.5) is 10.1 Å². The molecule has 0 saturated heterocycles. The number of rotatable bonds is 3. The molecule has 5 heteroatoms. The van der Waals surface area contributed by atoms with Crippen LogP contribution in [0.1, 0.15) is 5.56 Å². The molecular formula is C12H9Cl2FN2. The molecule has 17 heavy (non-hydrogen) atoms. The lowest BCUT2D eigenvalue weighted by Crippen LogP contribution is -2.02. The van der Waals surface area contributed by atoms with E-state index in [1.807, 2.05) is 0 Å². The first kappa shape index (κ1) is 12.1. The van der Waals surface area contributed by atoms with Gasteiger partial charge in [-0.1, -0.05) is 23.2 Å². The standard InChI is InChI=1S/C12H9Cl2FN2/c13-9-1-2-11(15)8(5-9)6-17-12-7-16-4-3-10(12)14/h1-5,7,17H,6H2. The van der Waals surface area contributed by atoms with Gasteiger partial charge < -0.3 is 5.32 Å². The molecule has 0 atom stereocenters. The van der Waals surface area contributed by atoms with E-state index >= 15 is 0 Å². The fraction of sp³-hybridized carbons (Fsp3) is 0.0833. The highest BCUT2D eigenvalue weighted by atomic mass is 35.5. The van der Waals surface area contributed by atoms with Crippen LogP contribution in [0.15, 0.2) is 36.7 Å². The first-order valence-corrected chi connectivity index (χ1v) is 5.70. The van der Waals surface area contributed by atoms with Gasteiger partial charge in [-0.3, -0.25) is 4.98 Å². The van der Waals surface area contributed by atoms with E-state index in [1.165, 1.54) is 12.1 Å². The zero-order valence-corrected chi connectivity index (χ0v) is 10.3. The Balaban J connectivity index is 2.12. The van der Waals surface area contributed by atoms with E-state index in [4.69, 9.17) is 23.2 Å². The molecule has 88 valence electrons. The summed E-state index contributed by atoms with van der Waals surface area (Å²) in [6.45, 7) is 0.303. The summed E-state index contributed by atoms with van der Waals surface area (Å²) < 4.78 is 13.4. The average Bonchev–Trinajstić information content (AvgIpc) is 2.32. The fourth-order valence-corrected chi connectivity index (χ4v) is 1.74. The molecule has 1 heterocycles. The summed E-state index contributed by atoms with van der Waals surface area (Å²) in [5, 5.41) is 4.05. The summed E-state index contributed by atoms with van der Waals surface area (Å²) in [7, 11) is 0. The van der Waals surface area contributed by atoms with Crippen LogP contribution < -0.4 is 5.32 Å². The number of nitrogens with zero attached hydrogens (tertiary/aromatic N) is 1. The van der Waals surface area contributed by atoms with Crippen LogP contribution in [-0.2, 0) is 6.54 Å². The molecule has 0 aliphatic carbocycles. The Hall–Kier alpha value is -1.32. The van der Waals surface area contributed by atoms with Crippen molar-refractivity contribution in [1.82, 2.24) is 4.98 Å². The van der Waals surface area contributed by atoms with E-state index in [0.29, 0.717) is 27.8 Å². The smallest absolute Gasteiger partial charge is 0.128 e. The van der Waals surface area contributed by atoms with Gasteiger partial charge in [-0.25, -0.2) is 4.39 Å². The molecule has 0 aliphatic rings. The van der Waals surface area contributed by atoms with Crippen molar-refractivity contribution in [2.24, 2.45) is 0 Å². The molecule has 2 aromatic rings. The Morgan fingerprint density at radius 3 is 2.82 bits per heavy atom. The molecular weight excluding hydrogens is 262 g/mol. The molecule has 0 bridgehead atoms. The first-order chi connectivity index (χ1) is 8.16. The maximum atomic E-state index is 13.4. The first-order valence-electron chi connectivity index (χ1n) is 4.94. The molecule has 1 aromatic carbocycles. The molecule has 2 nitrogen and oxygen atoms in total. The number of anilines is 1. The van der Waals surface area contributed by atoms with Crippen molar-refractivity contribution in [2.75, 3.05) is 5.32 Å². The number of pyridine rings is 1. The maximum Gasteiger partial charge on any atom is 0.128 e. The number of hydrogen-bond donors (Lipinski definition) is 1. The second kappa shape index (κ2) is 5.34. The fourth-order valence-electron chi connectivity index (χ4n) is 1.38. The predicted octanol–water partition coefficient (Wildman–Crippen LogP) is 4.14. The normalized spacial score (nSPS) is 10.3. The van der Waals surface area contributed by atoms with Crippen molar-refractivity contribution in [3.05, 3.63) is 58.1 Å². The highest BCUT2D eigenvalue weighted by Gasteiger charge is 2.04. The van der Waals surface area contributed by atoms with Crippen molar-refractivity contribution in [1.29, 1.82) is 0 Å². The Bertz CT molecular complexity index is 532. The van der Waals surface area contributed by atoms with E-state index in [0.717, 1.165) is 0 Å². The second-order valence-corrected chi connectivity index (χ2v) is 4.29. The van der Waals surface area contributed by atoms with Crippen LogP contribution in [0.3, 0.4) is 0 Å². The number of nitrogens with one attached hydrogen (secondary N) is 1. The third-order valence-electron chi connectivity index (χ3n) is 2.24. The van der Waals surface area contributed by atoms with E-state index in [1.54, 1.807) is 24.5 Å². The van der Waals surface area contributed by atoms with Gasteiger partial charge in [0.05, 0.1) is 16.9 Å². The average molecular weight is 271 g/mol. The highest BCUT2D eigenvalue weighted by molar-refractivity contribution is 6.33. The Kier molecular flexibility index (Phi) is 3.82. The largest absolute Gasteiger partial charge is 0.378 e. The van der Waals surface area contributed by atoms with Crippen molar-refractivity contribution < 1.29 is 4.39 Å². The number of benzene rings is 1. The monoisotopic (exact) mass is 270 g/mol. The van der Waals surface area contributed by atoms with Crippen LogP contribution in [0, 0.1) is 5.82 Å². The summed E-state index contributed by atoms with van der Waals surface area (Å²) in [5.74, 6) is -0.304. The highest BCUT2D eigenvalue weighted by Crippen LogP contribution is 2.21. The maximum absolute atomic E-state index is 13.4. The lowest BCUT2D eigenvalue weighted by molar-refractivity contribution is 0.613. The van der Waals surface area contributed by atoms with Crippen LogP contribution in [-0.4, -0.2) is 4.98 Å². The van der Waals surface area contributed by atoms with Gasteiger partial charge in [0.25, 0.3) is 0 Å². The molecule has 0 saturated carbocycles. The molecule has 0 fully saturated rings. The van der Waals surface area contributed by atoms with E-state index in [-0.39, 0.29) is 5.82 Å². The molecule has 0 radical (unpaired) electrons. The SMILES string of the molecule is Fc1ccc(Cl)cc1CNc1cnccc1Cl. The van der Waals surface area contributed by atoms with Gasteiger partial charge in [0.2, 0.25) is 0 Å². The van der Waals surface area contributed by atoms with Gasteiger partial charge in [0.15, 0.2) is 0 Å². The minimum atomic E-state index is -0.304. The van der Waals surface area contributed by atoms with Gasteiger partial charge in [0, 0.05) is 23.3 Å². The zero-order chi connectivity index (χ0) is 12.3. The molecule has 2 rings (SSSR count). The molecule has 0 unspecified atom stereocenters.